The molecule has 0 aliphatic carbocycles. The van der Waals surface area contributed by atoms with Crippen LogP contribution in [0, 0.1) is 5.92 Å². The van der Waals surface area contributed by atoms with E-state index < -0.39 is 5.60 Å². The summed E-state index contributed by atoms with van der Waals surface area (Å²) in [7, 11) is 1.60. The zero-order chi connectivity index (χ0) is 16.7. The quantitative estimate of drug-likeness (QED) is 0.773. The number of hydrogen-bond donors (Lipinski definition) is 1. The summed E-state index contributed by atoms with van der Waals surface area (Å²) in [4.78, 5) is 14.1. The van der Waals surface area contributed by atoms with Gasteiger partial charge in [0.25, 0.3) is 0 Å². The van der Waals surface area contributed by atoms with Crippen molar-refractivity contribution < 1.29 is 19.4 Å². The number of amides is 1. The zero-order valence-corrected chi connectivity index (χ0v) is 14.0. The Labute approximate surface area is 138 Å². The monoisotopic (exact) mass is 321 g/mol. The molecule has 0 spiro atoms. The van der Waals surface area contributed by atoms with Crippen molar-refractivity contribution in [1.29, 1.82) is 0 Å². The summed E-state index contributed by atoms with van der Waals surface area (Å²) in [6.07, 6.45) is 1.36. The van der Waals surface area contributed by atoms with Crippen LogP contribution in [0.1, 0.15) is 18.9 Å². The lowest BCUT2D eigenvalue weighted by atomic mass is 9.79. The third-order valence-corrected chi connectivity index (χ3v) is 4.54. The normalized spacial score (nSPS) is 24.7. The number of aliphatic hydroxyl groups is 1. The van der Waals surface area contributed by atoms with Crippen molar-refractivity contribution in [1.82, 2.24) is 4.90 Å². The minimum atomic E-state index is -0.746. The van der Waals surface area contributed by atoms with E-state index >= 15 is 0 Å². The maximum absolute atomic E-state index is 12.2. The van der Waals surface area contributed by atoms with Crippen LogP contribution in [0.5, 0.6) is 0 Å². The highest BCUT2D eigenvalue weighted by Crippen LogP contribution is 2.30. The van der Waals surface area contributed by atoms with Gasteiger partial charge in [-0.3, -0.25) is 4.79 Å². The summed E-state index contributed by atoms with van der Waals surface area (Å²) < 4.78 is 10.2. The highest BCUT2D eigenvalue weighted by atomic mass is 16.5. The molecule has 1 aromatic carbocycles. The van der Waals surface area contributed by atoms with Crippen molar-refractivity contribution in [2.75, 3.05) is 40.0 Å². The molecular formula is C18H27NO4. The second-order valence-corrected chi connectivity index (χ2v) is 6.38. The van der Waals surface area contributed by atoms with Gasteiger partial charge in [-0.25, -0.2) is 0 Å². The molecule has 0 bridgehead atoms. The Hall–Kier alpha value is -1.43. The molecule has 23 heavy (non-hydrogen) atoms. The smallest absolute Gasteiger partial charge is 0.248 e. The number of benzene rings is 1. The number of methoxy groups -OCH3 is 1. The lowest BCUT2D eigenvalue weighted by molar-refractivity contribution is -0.144. The molecule has 1 heterocycles. The molecule has 1 N–H and O–H groups in total. The summed E-state index contributed by atoms with van der Waals surface area (Å²) in [6, 6.07) is 10.1. The highest BCUT2D eigenvalue weighted by Gasteiger charge is 2.38. The van der Waals surface area contributed by atoms with Crippen molar-refractivity contribution in [3.8, 4) is 0 Å². The molecule has 1 aliphatic heterocycles. The summed E-state index contributed by atoms with van der Waals surface area (Å²) in [6.45, 7) is 3.99. The fourth-order valence-corrected chi connectivity index (χ4v) is 2.92. The highest BCUT2D eigenvalue weighted by molar-refractivity contribution is 5.77. The van der Waals surface area contributed by atoms with Gasteiger partial charge in [-0.1, -0.05) is 30.3 Å². The molecule has 0 radical (unpaired) electrons. The van der Waals surface area contributed by atoms with Crippen LogP contribution in [0.4, 0.5) is 0 Å². The maximum Gasteiger partial charge on any atom is 0.248 e. The molecule has 0 saturated carbocycles. The van der Waals surface area contributed by atoms with Crippen LogP contribution >= 0.6 is 0 Å². The van der Waals surface area contributed by atoms with Crippen molar-refractivity contribution in [3.05, 3.63) is 35.9 Å². The molecule has 2 rings (SSSR count). The van der Waals surface area contributed by atoms with Gasteiger partial charge in [0.05, 0.1) is 18.8 Å². The third kappa shape index (κ3) is 5.30. The Morgan fingerprint density at radius 3 is 2.78 bits per heavy atom. The van der Waals surface area contributed by atoms with Gasteiger partial charge in [-0.2, -0.15) is 0 Å². The van der Waals surface area contributed by atoms with Gasteiger partial charge in [-0.05, 0) is 25.3 Å². The van der Waals surface area contributed by atoms with Gasteiger partial charge >= 0.3 is 0 Å². The maximum atomic E-state index is 12.2. The molecule has 1 aliphatic rings. The van der Waals surface area contributed by atoms with E-state index in [2.05, 4.69) is 12.1 Å². The van der Waals surface area contributed by atoms with Gasteiger partial charge < -0.3 is 19.5 Å². The van der Waals surface area contributed by atoms with Crippen molar-refractivity contribution in [2.24, 2.45) is 5.92 Å². The first-order valence-corrected chi connectivity index (χ1v) is 8.13. The van der Waals surface area contributed by atoms with E-state index in [1.54, 1.807) is 12.0 Å². The second kappa shape index (κ2) is 8.43. The molecule has 5 nitrogen and oxygen atoms in total. The first kappa shape index (κ1) is 17.9. The van der Waals surface area contributed by atoms with Crippen LogP contribution in [-0.4, -0.2) is 61.5 Å². The van der Waals surface area contributed by atoms with Crippen LogP contribution < -0.4 is 0 Å². The van der Waals surface area contributed by atoms with E-state index in [1.165, 1.54) is 5.56 Å². The summed E-state index contributed by atoms with van der Waals surface area (Å²) in [5.41, 5.74) is 0.437. The topological polar surface area (TPSA) is 59.0 Å². The van der Waals surface area contributed by atoms with Crippen LogP contribution in [0.15, 0.2) is 30.3 Å². The van der Waals surface area contributed by atoms with E-state index in [0.29, 0.717) is 32.7 Å². The lowest BCUT2D eigenvalue weighted by Crippen LogP contribution is -2.53. The number of piperidine rings is 1. The van der Waals surface area contributed by atoms with Crippen LogP contribution in [-0.2, 0) is 20.7 Å². The SMILES string of the molecule is COCCOCC(=O)N1CC[C@@](C)(O)[C@@H](Cc2ccccc2)C1. The Morgan fingerprint density at radius 1 is 1.35 bits per heavy atom. The summed E-state index contributed by atoms with van der Waals surface area (Å²) in [5.74, 6) is 0.0104. The molecule has 1 saturated heterocycles. The van der Waals surface area contributed by atoms with Crippen molar-refractivity contribution >= 4 is 5.91 Å². The Morgan fingerprint density at radius 2 is 2.09 bits per heavy atom. The largest absolute Gasteiger partial charge is 0.390 e. The van der Waals surface area contributed by atoms with Gasteiger partial charge in [0.15, 0.2) is 0 Å². The van der Waals surface area contributed by atoms with Gasteiger partial charge in [0.2, 0.25) is 5.91 Å². The van der Waals surface area contributed by atoms with Crippen LogP contribution in [0.2, 0.25) is 0 Å². The number of rotatable bonds is 7. The standard InChI is InChI=1S/C18H27NO4/c1-18(21)8-9-19(17(20)14-23-11-10-22-2)13-16(18)12-15-6-4-3-5-7-15/h3-7,16,21H,8-14H2,1-2H3/t16-,18+/m0/s1. The van der Waals surface area contributed by atoms with Crippen molar-refractivity contribution in [3.63, 3.8) is 0 Å². The fraction of sp³-hybridized carbons (Fsp3) is 0.611. The zero-order valence-electron chi connectivity index (χ0n) is 14.0. The van der Waals surface area contributed by atoms with E-state index in [-0.39, 0.29) is 18.4 Å². The molecule has 1 fully saturated rings. The number of nitrogens with zero attached hydrogens (tertiary/aromatic N) is 1. The average Bonchev–Trinajstić information content (AvgIpc) is 2.54. The lowest BCUT2D eigenvalue weighted by Gasteiger charge is -2.43. The van der Waals surface area contributed by atoms with Crippen molar-refractivity contribution in [2.45, 2.75) is 25.4 Å². The minimum absolute atomic E-state index is 0.0188. The van der Waals surface area contributed by atoms with E-state index in [9.17, 15) is 9.90 Å². The minimum Gasteiger partial charge on any atom is -0.390 e. The third-order valence-electron chi connectivity index (χ3n) is 4.54. The number of likely N-dealkylation sites (tertiary alicyclic amines) is 1. The predicted octanol–water partition coefficient (Wildman–Crippen LogP) is 1.49. The van der Waals surface area contributed by atoms with Gasteiger partial charge in [-0.15, -0.1) is 0 Å². The molecule has 128 valence electrons. The first-order valence-electron chi connectivity index (χ1n) is 8.13. The predicted molar refractivity (Wildman–Crippen MR) is 88.2 cm³/mol. The Kier molecular flexibility index (Phi) is 6.57. The van der Waals surface area contributed by atoms with E-state index in [1.807, 2.05) is 25.1 Å². The molecule has 2 atom stereocenters. The van der Waals surface area contributed by atoms with Gasteiger partial charge in [0.1, 0.15) is 6.61 Å². The summed E-state index contributed by atoms with van der Waals surface area (Å²) >= 11 is 0. The van der Waals surface area contributed by atoms with Crippen LogP contribution in [0.25, 0.3) is 0 Å². The van der Waals surface area contributed by atoms with Gasteiger partial charge in [0, 0.05) is 26.1 Å². The number of carbonyl (C=O) groups excluding carboxylic acids is 1. The molecule has 0 aromatic heterocycles. The molecule has 5 heteroatoms. The van der Waals surface area contributed by atoms with E-state index in [0.717, 1.165) is 6.42 Å². The molecular weight excluding hydrogens is 294 g/mol. The summed E-state index contributed by atoms with van der Waals surface area (Å²) in [5, 5.41) is 10.7. The van der Waals surface area contributed by atoms with E-state index in [4.69, 9.17) is 9.47 Å². The molecule has 0 unspecified atom stereocenters. The number of hydrogen-bond acceptors (Lipinski definition) is 4. The molecule has 1 amide bonds. The molecule has 1 aromatic rings. The van der Waals surface area contributed by atoms with Crippen LogP contribution in [0.3, 0.4) is 0 Å². The second-order valence-electron chi connectivity index (χ2n) is 6.38. The Bertz CT molecular complexity index is 489. The number of carbonyl (C=O) groups is 1. The first-order chi connectivity index (χ1) is 11.0. The fourth-order valence-electron chi connectivity index (χ4n) is 2.92. The average molecular weight is 321 g/mol. The Balaban J connectivity index is 1.91. The number of ether oxygens (including phenoxy) is 2.